The number of aryl methyl sites for hydroxylation is 1. The summed E-state index contributed by atoms with van der Waals surface area (Å²) in [5.41, 5.74) is 2.48. The minimum atomic E-state index is -0.335. The predicted octanol–water partition coefficient (Wildman–Crippen LogP) is 4.78. The minimum absolute atomic E-state index is 0.212. The van der Waals surface area contributed by atoms with Gasteiger partial charge in [0, 0.05) is 19.3 Å². The first-order valence-electron chi connectivity index (χ1n) is 11.6. The highest BCUT2D eigenvalue weighted by Crippen LogP contribution is 2.35. The first-order chi connectivity index (χ1) is 16.8. The van der Waals surface area contributed by atoms with Gasteiger partial charge in [-0.2, -0.15) is 0 Å². The molecule has 0 aliphatic carbocycles. The monoisotopic (exact) mass is 508 g/mol. The van der Waals surface area contributed by atoms with E-state index in [2.05, 4.69) is 11.8 Å². The van der Waals surface area contributed by atoms with Crippen LogP contribution in [-0.2, 0) is 11.3 Å². The summed E-state index contributed by atoms with van der Waals surface area (Å²) in [6, 6.07) is 9.77. The molecule has 0 N–H and O–H groups in total. The topological polar surface area (TPSA) is 57.9 Å². The summed E-state index contributed by atoms with van der Waals surface area (Å²) in [6.45, 7) is 6.01. The zero-order valence-electron chi connectivity index (χ0n) is 19.5. The molecule has 4 heterocycles. The van der Waals surface area contributed by atoms with Crippen molar-refractivity contribution in [1.82, 2.24) is 14.3 Å². The summed E-state index contributed by atoms with van der Waals surface area (Å²) in [7, 11) is 0. The molecule has 2 aromatic heterocycles. The van der Waals surface area contributed by atoms with Crippen molar-refractivity contribution in [2.24, 2.45) is 5.92 Å². The largest absolute Gasteiger partial charge is 0.356 e. The van der Waals surface area contributed by atoms with Crippen LogP contribution in [0.15, 0.2) is 52.3 Å². The van der Waals surface area contributed by atoms with Crippen molar-refractivity contribution < 1.29 is 9.18 Å². The Bertz CT molecular complexity index is 1410. The normalized spacial score (nSPS) is 18.3. The van der Waals surface area contributed by atoms with Gasteiger partial charge in [-0.3, -0.25) is 18.9 Å². The Morgan fingerprint density at radius 1 is 1.14 bits per heavy atom. The third-order valence-corrected chi connectivity index (χ3v) is 7.85. The van der Waals surface area contributed by atoms with E-state index in [0.717, 1.165) is 37.1 Å². The van der Waals surface area contributed by atoms with Gasteiger partial charge in [-0.05, 0) is 61.1 Å². The average Bonchev–Trinajstić information content (AvgIpc) is 3.10. The number of anilines is 1. The second kappa shape index (κ2) is 9.54. The number of pyridine rings is 1. The van der Waals surface area contributed by atoms with Gasteiger partial charge in [0.15, 0.2) is 0 Å². The van der Waals surface area contributed by atoms with Crippen molar-refractivity contribution in [3.8, 4) is 0 Å². The second-order valence-corrected chi connectivity index (χ2v) is 10.8. The van der Waals surface area contributed by atoms with E-state index >= 15 is 0 Å². The van der Waals surface area contributed by atoms with Crippen LogP contribution in [0.25, 0.3) is 11.7 Å². The molecule has 0 atom stereocenters. The lowest BCUT2D eigenvalue weighted by Crippen LogP contribution is -2.36. The molecule has 0 bridgehead atoms. The van der Waals surface area contributed by atoms with Crippen LogP contribution in [0.3, 0.4) is 0 Å². The van der Waals surface area contributed by atoms with Crippen LogP contribution in [-0.4, -0.2) is 37.6 Å². The number of halogens is 1. The van der Waals surface area contributed by atoms with Gasteiger partial charge in [0.2, 0.25) is 0 Å². The summed E-state index contributed by atoms with van der Waals surface area (Å²) in [5, 5.41) is 0. The number of hydrogen-bond acceptors (Lipinski definition) is 6. The molecule has 2 fully saturated rings. The molecule has 2 saturated heterocycles. The number of fused-ring (bicyclic) bond motifs is 1. The van der Waals surface area contributed by atoms with E-state index < -0.39 is 0 Å². The Hall–Kier alpha value is -3.04. The number of aromatic nitrogens is 2. The molecule has 2 aliphatic rings. The summed E-state index contributed by atoms with van der Waals surface area (Å²) in [5.74, 6) is 0.630. The molecule has 180 valence electrons. The van der Waals surface area contributed by atoms with E-state index in [4.69, 9.17) is 17.2 Å². The molecule has 1 aromatic carbocycles. The maximum atomic E-state index is 13.6. The Balaban J connectivity index is 1.55. The number of thioether (sulfide) groups is 1. The zero-order chi connectivity index (χ0) is 24.7. The fraction of sp³-hybridized carbons (Fsp3) is 0.308. The van der Waals surface area contributed by atoms with E-state index in [1.54, 1.807) is 24.4 Å². The number of piperidine rings is 1. The van der Waals surface area contributed by atoms with Crippen molar-refractivity contribution in [2.75, 3.05) is 18.0 Å². The standard InChI is InChI=1S/C26H25FN4O2S2/c1-16-9-11-29(12-10-16)23-20(24(32)30-14-17(2)3-8-22(30)28-23)13-21-25(33)31(26(34)35-21)15-18-4-6-19(27)7-5-18/h3-8,13-14,16H,9-12,15H2,1-2H3/b21-13+. The first-order valence-corrected chi connectivity index (χ1v) is 12.8. The third kappa shape index (κ3) is 4.75. The van der Waals surface area contributed by atoms with Crippen LogP contribution in [0.1, 0.15) is 36.5 Å². The molecular formula is C26H25FN4O2S2. The molecule has 0 radical (unpaired) electrons. The van der Waals surface area contributed by atoms with Gasteiger partial charge in [0.1, 0.15) is 21.6 Å². The number of hydrogen-bond donors (Lipinski definition) is 0. The Morgan fingerprint density at radius 3 is 2.57 bits per heavy atom. The predicted molar refractivity (Wildman–Crippen MR) is 142 cm³/mol. The van der Waals surface area contributed by atoms with E-state index in [0.29, 0.717) is 32.2 Å². The van der Waals surface area contributed by atoms with E-state index in [9.17, 15) is 14.0 Å². The van der Waals surface area contributed by atoms with E-state index in [-0.39, 0.29) is 23.8 Å². The molecule has 0 spiro atoms. The first kappa shape index (κ1) is 23.7. The van der Waals surface area contributed by atoms with Crippen LogP contribution in [0.4, 0.5) is 10.2 Å². The summed E-state index contributed by atoms with van der Waals surface area (Å²) < 4.78 is 15.2. The van der Waals surface area contributed by atoms with Gasteiger partial charge in [-0.1, -0.05) is 49.1 Å². The van der Waals surface area contributed by atoms with Crippen molar-refractivity contribution in [3.05, 3.63) is 80.4 Å². The summed E-state index contributed by atoms with van der Waals surface area (Å²) >= 11 is 6.65. The summed E-state index contributed by atoms with van der Waals surface area (Å²) in [4.78, 5) is 35.8. The number of benzene rings is 1. The van der Waals surface area contributed by atoms with Crippen LogP contribution in [0, 0.1) is 18.7 Å². The van der Waals surface area contributed by atoms with E-state index in [1.807, 2.05) is 19.1 Å². The van der Waals surface area contributed by atoms with Gasteiger partial charge in [0.05, 0.1) is 17.0 Å². The highest BCUT2D eigenvalue weighted by atomic mass is 32.2. The molecule has 0 saturated carbocycles. The van der Waals surface area contributed by atoms with Gasteiger partial charge in [-0.15, -0.1) is 0 Å². The lowest BCUT2D eigenvalue weighted by atomic mass is 9.99. The van der Waals surface area contributed by atoms with Crippen molar-refractivity contribution in [1.29, 1.82) is 0 Å². The Labute approximate surface area is 212 Å². The van der Waals surface area contributed by atoms with Crippen LogP contribution in [0.5, 0.6) is 0 Å². The fourth-order valence-corrected chi connectivity index (χ4v) is 5.61. The van der Waals surface area contributed by atoms with Crippen LogP contribution >= 0.6 is 24.0 Å². The van der Waals surface area contributed by atoms with Crippen molar-refractivity contribution in [2.45, 2.75) is 33.2 Å². The van der Waals surface area contributed by atoms with Gasteiger partial charge in [-0.25, -0.2) is 9.37 Å². The second-order valence-electron chi connectivity index (χ2n) is 9.15. The van der Waals surface area contributed by atoms with Crippen molar-refractivity contribution >= 4 is 51.7 Å². The zero-order valence-corrected chi connectivity index (χ0v) is 21.2. The van der Waals surface area contributed by atoms with Gasteiger partial charge < -0.3 is 4.90 Å². The fourth-order valence-electron chi connectivity index (χ4n) is 4.37. The number of carbonyl (C=O) groups excluding carboxylic acids is 1. The molecule has 2 aliphatic heterocycles. The molecule has 9 heteroatoms. The molecule has 1 amide bonds. The lowest BCUT2D eigenvalue weighted by molar-refractivity contribution is -0.122. The van der Waals surface area contributed by atoms with Gasteiger partial charge >= 0.3 is 0 Å². The number of amides is 1. The lowest BCUT2D eigenvalue weighted by Gasteiger charge is -2.32. The Morgan fingerprint density at radius 2 is 1.86 bits per heavy atom. The summed E-state index contributed by atoms with van der Waals surface area (Å²) in [6.07, 6.45) is 5.45. The van der Waals surface area contributed by atoms with Crippen LogP contribution < -0.4 is 10.5 Å². The maximum Gasteiger partial charge on any atom is 0.267 e. The SMILES string of the molecule is Cc1ccc2nc(N3CCC(C)CC3)c(/C=C3/SC(=S)N(Cc4ccc(F)cc4)C3=O)c(=O)n2c1. The molecule has 0 unspecified atom stereocenters. The molecule has 5 rings (SSSR count). The van der Waals surface area contributed by atoms with Crippen molar-refractivity contribution in [3.63, 3.8) is 0 Å². The highest BCUT2D eigenvalue weighted by molar-refractivity contribution is 8.26. The number of carbonyl (C=O) groups is 1. The number of nitrogens with zero attached hydrogens (tertiary/aromatic N) is 4. The third-order valence-electron chi connectivity index (χ3n) is 6.47. The molecule has 35 heavy (non-hydrogen) atoms. The minimum Gasteiger partial charge on any atom is -0.356 e. The quantitative estimate of drug-likeness (QED) is 0.374. The average molecular weight is 509 g/mol. The molecular weight excluding hydrogens is 483 g/mol. The highest BCUT2D eigenvalue weighted by Gasteiger charge is 2.33. The van der Waals surface area contributed by atoms with Gasteiger partial charge in [0.25, 0.3) is 11.5 Å². The smallest absolute Gasteiger partial charge is 0.267 e. The number of rotatable bonds is 4. The van der Waals surface area contributed by atoms with E-state index in [1.165, 1.54) is 33.2 Å². The van der Waals surface area contributed by atoms with Crippen LogP contribution in [0.2, 0.25) is 0 Å². The molecule has 6 nitrogen and oxygen atoms in total. The maximum absolute atomic E-state index is 13.6. The molecule has 3 aromatic rings. The number of thiocarbonyl (C=S) groups is 1. The Kier molecular flexibility index (Phi) is 6.46.